The monoisotopic (exact) mass is 280 g/mol. The number of halogens is 1. The molecule has 1 aromatic rings. The van der Waals surface area contributed by atoms with E-state index in [1.54, 1.807) is 6.07 Å². The van der Waals surface area contributed by atoms with Crippen molar-refractivity contribution >= 4 is 5.91 Å². The molecule has 0 radical (unpaired) electrons. The van der Waals surface area contributed by atoms with Crippen LogP contribution in [0.4, 0.5) is 4.39 Å². The number of rotatable bonds is 6. The lowest BCUT2D eigenvalue weighted by atomic mass is 10.1. The van der Waals surface area contributed by atoms with Gasteiger partial charge in [-0.1, -0.05) is 6.07 Å². The largest absolute Gasteiger partial charge is 0.378 e. The van der Waals surface area contributed by atoms with Gasteiger partial charge in [-0.15, -0.1) is 0 Å². The summed E-state index contributed by atoms with van der Waals surface area (Å²) in [6.07, 6.45) is 3.21. The van der Waals surface area contributed by atoms with Gasteiger partial charge in [0, 0.05) is 18.7 Å². The maximum atomic E-state index is 13.0. The molecule has 1 saturated heterocycles. The van der Waals surface area contributed by atoms with E-state index in [2.05, 4.69) is 10.6 Å². The maximum Gasteiger partial charge on any atom is 0.251 e. The molecule has 1 aromatic carbocycles. The fourth-order valence-corrected chi connectivity index (χ4v) is 2.22. The summed E-state index contributed by atoms with van der Waals surface area (Å²) in [5.74, 6) is -0.641. The number of piperidine rings is 1. The molecule has 1 amide bonds. The Hall–Kier alpha value is -1.46. The second kappa shape index (κ2) is 7.97. The minimum atomic E-state index is -0.396. The van der Waals surface area contributed by atoms with Crippen LogP contribution in [0.1, 0.15) is 29.6 Å². The van der Waals surface area contributed by atoms with Crippen LogP contribution < -0.4 is 10.6 Å². The zero-order chi connectivity index (χ0) is 14.2. The fraction of sp³-hybridized carbons (Fsp3) is 0.533. The molecule has 0 aliphatic carbocycles. The van der Waals surface area contributed by atoms with E-state index in [0.717, 1.165) is 32.4 Å². The zero-order valence-corrected chi connectivity index (χ0v) is 11.5. The highest BCUT2D eigenvalue weighted by molar-refractivity contribution is 5.94. The molecular formula is C15H21FN2O2. The summed E-state index contributed by atoms with van der Waals surface area (Å²) in [5, 5.41) is 6.05. The number of carbonyl (C=O) groups is 1. The first-order valence-corrected chi connectivity index (χ1v) is 7.12. The normalized spacial score (nSPS) is 16.1. The van der Waals surface area contributed by atoms with E-state index in [9.17, 15) is 9.18 Å². The highest BCUT2D eigenvalue weighted by Gasteiger charge is 2.12. The Morgan fingerprint density at radius 1 is 1.40 bits per heavy atom. The highest BCUT2D eigenvalue weighted by atomic mass is 19.1. The smallest absolute Gasteiger partial charge is 0.251 e. The van der Waals surface area contributed by atoms with Gasteiger partial charge in [-0.25, -0.2) is 4.39 Å². The summed E-state index contributed by atoms with van der Waals surface area (Å²) >= 11 is 0. The minimum absolute atomic E-state index is 0.244. The van der Waals surface area contributed by atoms with Crippen molar-refractivity contribution in [3.8, 4) is 0 Å². The first-order chi connectivity index (χ1) is 9.75. The van der Waals surface area contributed by atoms with Crippen LogP contribution in [0, 0.1) is 5.82 Å². The molecule has 1 aliphatic rings. The van der Waals surface area contributed by atoms with Crippen LogP contribution in [0.2, 0.25) is 0 Å². The predicted molar refractivity (Wildman–Crippen MR) is 75.2 cm³/mol. The summed E-state index contributed by atoms with van der Waals surface area (Å²) < 4.78 is 18.7. The van der Waals surface area contributed by atoms with Gasteiger partial charge < -0.3 is 15.4 Å². The van der Waals surface area contributed by atoms with Gasteiger partial charge >= 0.3 is 0 Å². The van der Waals surface area contributed by atoms with Crippen LogP contribution in [0.25, 0.3) is 0 Å². The van der Waals surface area contributed by atoms with Gasteiger partial charge in [0.2, 0.25) is 0 Å². The van der Waals surface area contributed by atoms with Gasteiger partial charge in [0.15, 0.2) is 0 Å². The Bertz CT molecular complexity index is 434. The van der Waals surface area contributed by atoms with E-state index in [1.807, 2.05) is 0 Å². The second-order valence-electron chi connectivity index (χ2n) is 4.94. The number of ether oxygens (including phenoxy) is 1. The molecule has 1 aliphatic heterocycles. The quantitative estimate of drug-likeness (QED) is 0.780. The summed E-state index contributed by atoms with van der Waals surface area (Å²) in [5.41, 5.74) is 0.351. The van der Waals surface area contributed by atoms with Crippen molar-refractivity contribution in [3.05, 3.63) is 35.6 Å². The third-order valence-electron chi connectivity index (χ3n) is 3.33. The summed E-state index contributed by atoms with van der Waals surface area (Å²) in [6.45, 7) is 3.22. The van der Waals surface area contributed by atoms with Crippen LogP contribution in [0.3, 0.4) is 0 Å². The average molecular weight is 280 g/mol. The molecule has 2 N–H and O–H groups in total. The third-order valence-corrected chi connectivity index (χ3v) is 3.33. The number of benzene rings is 1. The SMILES string of the molecule is O=C(NCCCOC1CCNCC1)c1cccc(F)c1. The van der Waals surface area contributed by atoms with Crippen LogP contribution in [0.15, 0.2) is 24.3 Å². The lowest BCUT2D eigenvalue weighted by molar-refractivity contribution is 0.0318. The Kier molecular flexibility index (Phi) is 5.95. The number of hydrogen-bond donors (Lipinski definition) is 2. The van der Waals surface area contributed by atoms with E-state index in [4.69, 9.17) is 4.74 Å². The molecule has 4 nitrogen and oxygen atoms in total. The predicted octanol–water partition coefficient (Wildman–Crippen LogP) is 1.71. The molecular weight excluding hydrogens is 259 g/mol. The number of nitrogens with one attached hydrogen (secondary N) is 2. The van der Waals surface area contributed by atoms with Gasteiger partial charge in [0.05, 0.1) is 6.10 Å². The molecule has 110 valence electrons. The van der Waals surface area contributed by atoms with Crippen molar-refractivity contribution in [2.24, 2.45) is 0 Å². The molecule has 1 fully saturated rings. The van der Waals surface area contributed by atoms with Crippen molar-refractivity contribution in [3.63, 3.8) is 0 Å². The van der Waals surface area contributed by atoms with Crippen molar-refractivity contribution < 1.29 is 13.9 Å². The molecule has 0 unspecified atom stereocenters. The third kappa shape index (κ3) is 4.90. The first-order valence-electron chi connectivity index (χ1n) is 7.12. The highest BCUT2D eigenvalue weighted by Crippen LogP contribution is 2.07. The standard InChI is InChI=1S/C15H21FN2O2/c16-13-4-1-3-12(11-13)15(19)18-7-2-10-20-14-5-8-17-9-6-14/h1,3-4,11,14,17H,2,5-10H2,(H,18,19). The van der Waals surface area contributed by atoms with Crippen LogP contribution in [-0.2, 0) is 4.74 Å². The average Bonchev–Trinajstić information content (AvgIpc) is 2.48. The summed E-state index contributed by atoms with van der Waals surface area (Å²) in [6, 6.07) is 5.69. The number of carbonyl (C=O) groups excluding carboxylic acids is 1. The Labute approximate surface area is 118 Å². The summed E-state index contributed by atoms with van der Waals surface area (Å²) in [7, 11) is 0. The molecule has 0 spiro atoms. The van der Waals surface area contributed by atoms with Crippen LogP contribution >= 0.6 is 0 Å². The van der Waals surface area contributed by atoms with E-state index >= 15 is 0 Å². The molecule has 20 heavy (non-hydrogen) atoms. The zero-order valence-electron chi connectivity index (χ0n) is 11.5. The van der Waals surface area contributed by atoms with E-state index in [1.165, 1.54) is 18.2 Å². The molecule has 2 rings (SSSR count). The van der Waals surface area contributed by atoms with Crippen LogP contribution in [-0.4, -0.2) is 38.3 Å². The van der Waals surface area contributed by atoms with Crippen molar-refractivity contribution in [1.29, 1.82) is 0 Å². The topological polar surface area (TPSA) is 50.4 Å². The van der Waals surface area contributed by atoms with Crippen molar-refractivity contribution in [2.45, 2.75) is 25.4 Å². The minimum Gasteiger partial charge on any atom is -0.378 e. The van der Waals surface area contributed by atoms with Crippen molar-refractivity contribution in [2.75, 3.05) is 26.2 Å². The molecule has 1 heterocycles. The second-order valence-corrected chi connectivity index (χ2v) is 4.94. The lowest BCUT2D eigenvalue weighted by Gasteiger charge is -2.22. The number of amides is 1. The fourth-order valence-electron chi connectivity index (χ4n) is 2.22. The first kappa shape index (κ1) is 14.9. The van der Waals surface area contributed by atoms with E-state index in [0.29, 0.717) is 24.8 Å². The Morgan fingerprint density at radius 2 is 2.20 bits per heavy atom. The molecule has 0 saturated carbocycles. The summed E-state index contributed by atoms with van der Waals surface area (Å²) in [4.78, 5) is 11.7. The van der Waals surface area contributed by atoms with Crippen molar-refractivity contribution in [1.82, 2.24) is 10.6 Å². The van der Waals surface area contributed by atoms with E-state index < -0.39 is 5.82 Å². The number of hydrogen-bond acceptors (Lipinski definition) is 3. The van der Waals surface area contributed by atoms with Crippen LogP contribution in [0.5, 0.6) is 0 Å². The molecule has 0 aromatic heterocycles. The van der Waals surface area contributed by atoms with E-state index in [-0.39, 0.29) is 5.91 Å². The van der Waals surface area contributed by atoms with Gasteiger partial charge in [-0.3, -0.25) is 4.79 Å². The lowest BCUT2D eigenvalue weighted by Crippen LogP contribution is -2.33. The maximum absolute atomic E-state index is 13.0. The molecule has 0 atom stereocenters. The Balaban J connectivity index is 1.59. The van der Waals surface area contributed by atoms with Gasteiger partial charge in [-0.05, 0) is 50.6 Å². The molecule has 0 bridgehead atoms. The van der Waals surface area contributed by atoms with Gasteiger partial charge in [0.1, 0.15) is 5.82 Å². The van der Waals surface area contributed by atoms with Gasteiger partial charge in [-0.2, -0.15) is 0 Å². The Morgan fingerprint density at radius 3 is 2.95 bits per heavy atom. The van der Waals surface area contributed by atoms with Gasteiger partial charge in [0.25, 0.3) is 5.91 Å². The molecule has 5 heteroatoms.